The molecule has 0 aliphatic rings. The Morgan fingerprint density at radius 3 is 2.53 bits per heavy atom. The van der Waals surface area contributed by atoms with Crippen LogP contribution >= 0.6 is 0 Å². The van der Waals surface area contributed by atoms with Gasteiger partial charge in [-0.1, -0.05) is 5.16 Å². The molecule has 0 spiro atoms. The lowest BCUT2D eigenvalue weighted by atomic mass is 10.1. The van der Waals surface area contributed by atoms with Crippen LogP contribution in [-0.4, -0.2) is 16.2 Å². The highest BCUT2D eigenvalue weighted by Gasteiger charge is 2.25. The molecule has 0 unspecified atom stereocenters. The van der Waals surface area contributed by atoms with Crippen molar-refractivity contribution in [2.24, 2.45) is 0 Å². The van der Waals surface area contributed by atoms with Crippen LogP contribution in [0.4, 0.5) is 13.2 Å². The molecule has 0 fully saturated rings. The fraction of sp³-hybridized carbons (Fsp3) is 0. The quantitative estimate of drug-likeness (QED) is 0.823. The molecule has 0 aliphatic heterocycles. The van der Waals surface area contributed by atoms with Crippen LogP contribution in [-0.2, 0) is 0 Å². The van der Waals surface area contributed by atoms with E-state index in [0.29, 0.717) is 12.1 Å². The average molecular weight is 243 g/mol. The van der Waals surface area contributed by atoms with Crippen molar-refractivity contribution in [3.8, 4) is 11.3 Å². The maximum Gasteiger partial charge on any atom is 0.341 e. The maximum atomic E-state index is 13.4. The standard InChI is InChI=1S/C10H4F3NO3/c11-5-1-2-6(12)8(13)7(5)9-4(10(15)16)3-14-17-9/h1-3H,(H,15,16). The fourth-order valence-corrected chi connectivity index (χ4v) is 1.31. The van der Waals surface area contributed by atoms with Crippen molar-refractivity contribution in [3.63, 3.8) is 0 Å². The van der Waals surface area contributed by atoms with E-state index in [2.05, 4.69) is 9.68 Å². The number of carboxylic acid groups (broad SMARTS) is 1. The minimum Gasteiger partial charge on any atom is -0.477 e. The van der Waals surface area contributed by atoms with E-state index in [4.69, 9.17) is 5.11 Å². The molecule has 7 heteroatoms. The number of hydrogen-bond acceptors (Lipinski definition) is 3. The van der Waals surface area contributed by atoms with Crippen LogP contribution in [0.2, 0.25) is 0 Å². The van der Waals surface area contributed by atoms with Crippen LogP contribution in [0.15, 0.2) is 22.9 Å². The lowest BCUT2D eigenvalue weighted by Gasteiger charge is -2.02. The molecule has 4 nitrogen and oxygen atoms in total. The molecule has 0 saturated carbocycles. The van der Waals surface area contributed by atoms with Gasteiger partial charge in [-0.2, -0.15) is 0 Å². The van der Waals surface area contributed by atoms with Gasteiger partial charge in [0.25, 0.3) is 0 Å². The molecule has 0 amide bonds. The van der Waals surface area contributed by atoms with Crippen LogP contribution in [0.3, 0.4) is 0 Å². The van der Waals surface area contributed by atoms with Crippen LogP contribution in [0.5, 0.6) is 0 Å². The first-order valence-corrected chi connectivity index (χ1v) is 4.34. The first-order valence-electron chi connectivity index (χ1n) is 4.34. The van der Waals surface area contributed by atoms with Crippen molar-refractivity contribution in [1.82, 2.24) is 5.16 Å². The number of carboxylic acids is 1. The molecular weight excluding hydrogens is 239 g/mol. The zero-order chi connectivity index (χ0) is 12.6. The van der Waals surface area contributed by atoms with Gasteiger partial charge in [-0.15, -0.1) is 0 Å². The van der Waals surface area contributed by atoms with E-state index in [1.165, 1.54) is 0 Å². The Labute approximate surface area is 92.3 Å². The van der Waals surface area contributed by atoms with Gasteiger partial charge < -0.3 is 9.63 Å². The van der Waals surface area contributed by atoms with E-state index >= 15 is 0 Å². The summed E-state index contributed by atoms with van der Waals surface area (Å²) in [6, 6.07) is 1.26. The average Bonchev–Trinajstić information content (AvgIpc) is 2.73. The number of nitrogens with zero attached hydrogens (tertiary/aromatic N) is 1. The van der Waals surface area contributed by atoms with Gasteiger partial charge in [0.15, 0.2) is 17.4 Å². The Kier molecular flexibility index (Phi) is 2.58. The molecule has 88 valence electrons. The second kappa shape index (κ2) is 3.93. The first kappa shape index (κ1) is 11.2. The van der Waals surface area contributed by atoms with Crippen molar-refractivity contribution in [2.75, 3.05) is 0 Å². The summed E-state index contributed by atoms with van der Waals surface area (Å²) in [7, 11) is 0. The lowest BCUT2D eigenvalue weighted by Crippen LogP contribution is -2.00. The summed E-state index contributed by atoms with van der Waals surface area (Å²) in [4.78, 5) is 10.7. The molecule has 2 rings (SSSR count). The minimum absolute atomic E-state index is 0.548. The van der Waals surface area contributed by atoms with Gasteiger partial charge in [-0.3, -0.25) is 0 Å². The van der Waals surface area contributed by atoms with Gasteiger partial charge in [-0.25, -0.2) is 18.0 Å². The summed E-state index contributed by atoms with van der Waals surface area (Å²) in [6.07, 6.45) is 0.779. The van der Waals surface area contributed by atoms with Crippen LogP contribution in [0.1, 0.15) is 10.4 Å². The third kappa shape index (κ3) is 1.75. The molecule has 0 bridgehead atoms. The molecule has 0 radical (unpaired) electrons. The molecule has 1 N–H and O–H groups in total. The molecule has 0 aliphatic carbocycles. The molecule has 1 aromatic heterocycles. The summed E-state index contributed by atoms with van der Waals surface area (Å²) >= 11 is 0. The molecule has 2 aromatic rings. The first-order chi connectivity index (χ1) is 8.02. The number of aromatic nitrogens is 1. The Hall–Kier alpha value is -2.31. The van der Waals surface area contributed by atoms with E-state index in [1.54, 1.807) is 0 Å². The molecule has 17 heavy (non-hydrogen) atoms. The van der Waals surface area contributed by atoms with E-state index in [1.807, 2.05) is 0 Å². The predicted octanol–water partition coefficient (Wildman–Crippen LogP) is 2.46. The normalized spacial score (nSPS) is 10.5. The molecule has 0 saturated heterocycles. The van der Waals surface area contributed by atoms with Gasteiger partial charge in [0, 0.05) is 0 Å². The van der Waals surface area contributed by atoms with E-state index in [-0.39, 0.29) is 0 Å². The summed E-state index contributed by atoms with van der Waals surface area (Å²) < 4.78 is 44.1. The Balaban J connectivity index is 2.72. The largest absolute Gasteiger partial charge is 0.477 e. The second-order valence-electron chi connectivity index (χ2n) is 3.09. The van der Waals surface area contributed by atoms with Crippen LogP contribution in [0, 0.1) is 17.5 Å². The van der Waals surface area contributed by atoms with Crippen molar-refractivity contribution < 1.29 is 27.6 Å². The van der Waals surface area contributed by atoms with Gasteiger partial charge >= 0.3 is 5.97 Å². The number of aromatic carboxylic acids is 1. The SMILES string of the molecule is O=C(O)c1cnoc1-c1c(F)ccc(F)c1F. The topological polar surface area (TPSA) is 63.3 Å². The Morgan fingerprint density at radius 1 is 1.24 bits per heavy atom. The molecule has 0 atom stereocenters. The predicted molar refractivity (Wildman–Crippen MR) is 48.8 cm³/mol. The maximum absolute atomic E-state index is 13.4. The smallest absolute Gasteiger partial charge is 0.341 e. The van der Waals surface area contributed by atoms with E-state index < -0.39 is 40.3 Å². The number of rotatable bonds is 2. The van der Waals surface area contributed by atoms with Gasteiger partial charge in [0.1, 0.15) is 11.4 Å². The zero-order valence-electron chi connectivity index (χ0n) is 8.08. The third-order valence-electron chi connectivity index (χ3n) is 2.07. The van der Waals surface area contributed by atoms with Gasteiger partial charge in [0.05, 0.1) is 11.8 Å². The molecular formula is C10H4F3NO3. The summed E-state index contributed by atoms with van der Waals surface area (Å²) in [5, 5.41) is 11.8. The van der Waals surface area contributed by atoms with E-state index in [9.17, 15) is 18.0 Å². The third-order valence-corrected chi connectivity index (χ3v) is 2.07. The minimum atomic E-state index is -1.52. The van der Waals surface area contributed by atoms with E-state index in [0.717, 1.165) is 6.20 Å². The number of halogens is 3. The van der Waals surface area contributed by atoms with Gasteiger partial charge in [0.2, 0.25) is 0 Å². The zero-order valence-corrected chi connectivity index (χ0v) is 8.08. The second-order valence-corrected chi connectivity index (χ2v) is 3.09. The monoisotopic (exact) mass is 243 g/mol. The number of hydrogen-bond donors (Lipinski definition) is 1. The lowest BCUT2D eigenvalue weighted by molar-refractivity contribution is 0.0697. The summed E-state index contributed by atoms with van der Waals surface area (Å²) in [6.45, 7) is 0. The van der Waals surface area contributed by atoms with Crippen molar-refractivity contribution in [3.05, 3.63) is 41.3 Å². The Bertz CT molecular complexity index is 594. The van der Waals surface area contributed by atoms with Crippen LogP contribution < -0.4 is 0 Å². The van der Waals surface area contributed by atoms with Crippen molar-refractivity contribution >= 4 is 5.97 Å². The van der Waals surface area contributed by atoms with Crippen molar-refractivity contribution in [2.45, 2.75) is 0 Å². The molecule has 1 heterocycles. The highest BCUT2D eigenvalue weighted by atomic mass is 19.2. The highest BCUT2D eigenvalue weighted by Crippen LogP contribution is 2.30. The van der Waals surface area contributed by atoms with Crippen molar-refractivity contribution in [1.29, 1.82) is 0 Å². The Morgan fingerprint density at radius 2 is 1.88 bits per heavy atom. The summed E-state index contributed by atoms with van der Waals surface area (Å²) in [5.74, 6) is -6.11. The molecule has 1 aromatic carbocycles. The number of carbonyl (C=O) groups is 1. The van der Waals surface area contributed by atoms with Crippen LogP contribution in [0.25, 0.3) is 11.3 Å². The summed E-state index contributed by atoms with van der Waals surface area (Å²) in [5.41, 5.74) is -1.44. The highest BCUT2D eigenvalue weighted by molar-refractivity contribution is 5.94. The number of benzene rings is 1. The fourth-order valence-electron chi connectivity index (χ4n) is 1.31. The van der Waals surface area contributed by atoms with Gasteiger partial charge in [-0.05, 0) is 12.1 Å².